The monoisotopic (exact) mass is 1910 g/mol. The van der Waals surface area contributed by atoms with E-state index in [4.69, 9.17) is 75.8 Å². The number of fused-ring (bicyclic) bond motifs is 8. The molecular formula is C116H136O24. The molecule has 140 heavy (non-hydrogen) atoms. The number of phenols is 4. The highest BCUT2D eigenvalue weighted by Gasteiger charge is 2.67. The normalized spacial score (nSPS) is 33.9. The average Bonchev–Trinajstić information content (AvgIpc) is 0.706. The number of aromatic hydroxyl groups is 4. The molecule has 8 aromatic carbocycles. The van der Waals surface area contributed by atoms with Crippen molar-refractivity contribution in [3.8, 4) is 46.0 Å². The van der Waals surface area contributed by atoms with Gasteiger partial charge in [0.1, 0.15) is 72.4 Å². The number of carbonyl (C=O) groups excluding carboxylic acids is 4. The minimum absolute atomic E-state index is 0.00168. The highest BCUT2D eigenvalue weighted by atomic mass is 16.6. The third-order valence-electron chi connectivity index (χ3n) is 35.5. The lowest BCUT2D eigenvalue weighted by Gasteiger charge is -2.64. The SMILES string of the molecule is COc1cc(O)c2cc1C(c1ccc(C(=O)OCCOC34CC5CC(C)(CC(OC)(C5)C3)C4)cc1)c1cc(c(OC)cc1O)C(c1ccc(C(=O)OCCOC34CC5CC(C)(CC(OC)(C5)C3)C4)cc1)c1cc(c(OC)cc1O)C(c1ccc(C(=O)OCCOC34CC5CC(C)(CC(OC)(C5)C3)C4)cc1)c1cc(c(OC)cc1O)C2c1ccc(C(=O)OCCOC23CC4CC(C)(CC(OC)(C4)C2)C3)cc1. The zero-order valence-electron chi connectivity index (χ0n) is 83.1. The summed E-state index contributed by atoms with van der Waals surface area (Å²) < 4.78 is 102. The summed E-state index contributed by atoms with van der Waals surface area (Å²) in [4.78, 5) is 58.2. The van der Waals surface area contributed by atoms with E-state index in [1.807, 2.05) is 52.7 Å². The van der Waals surface area contributed by atoms with Crippen LogP contribution in [0.3, 0.4) is 0 Å². The van der Waals surface area contributed by atoms with Crippen molar-refractivity contribution in [2.24, 2.45) is 45.3 Å². The van der Waals surface area contributed by atoms with E-state index in [-0.39, 0.29) is 210 Å². The highest BCUT2D eigenvalue weighted by molar-refractivity contribution is 5.91. The molecule has 8 aromatic rings. The average molecular weight is 1910 g/mol. The Labute approximate surface area is 820 Å². The van der Waals surface area contributed by atoms with Gasteiger partial charge in [0.25, 0.3) is 0 Å². The van der Waals surface area contributed by atoms with Crippen molar-refractivity contribution in [1.29, 1.82) is 0 Å². The summed E-state index contributed by atoms with van der Waals surface area (Å²) in [5, 5.41) is 53.3. The Morgan fingerprint density at radius 2 is 0.429 bits per heavy atom. The zero-order chi connectivity index (χ0) is 97.7. The van der Waals surface area contributed by atoms with Crippen LogP contribution >= 0.6 is 0 Å². The topological polar surface area (TPSA) is 297 Å². The molecule has 0 spiro atoms. The fourth-order valence-electron chi connectivity index (χ4n) is 32.7. The van der Waals surface area contributed by atoms with E-state index < -0.39 is 47.5 Å². The first kappa shape index (κ1) is 95.9. The van der Waals surface area contributed by atoms with E-state index in [1.165, 1.54) is 52.7 Å². The van der Waals surface area contributed by atoms with Crippen molar-refractivity contribution in [1.82, 2.24) is 0 Å². The van der Waals surface area contributed by atoms with Crippen molar-refractivity contribution in [2.45, 2.75) is 250 Å². The Morgan fingerprint density at radius 3 is 0.607 bits per heavy atom. The van der Waals surface area contributed by atoms with Crippen molar-refractivity contribution in [2.75, 3.05) is 110 Å². The smallest absolute Gasteiger partial charge is 0.338 e. The molecule has 0 aliphatic heterocycles. The minimum Gasteiger partial charge on any atom is -0.507 e. The lowest BCUT2D eigenvalue weighted by molar-refractivity contribution is -0.253. The molecule has 4 N–H and O–H groups in total. The standard InChI is InChI=1S/C116H136O24/c1-105-45-69-49-109(57-105,129-9)65-113(53-69,61-105)137-33-29-133-101(121)77-21-13-73(14-22-77)97-81-37-86(94(126-6)41-89(81)117)99(75-17-25-79(26-18-75)103(123)135-31-35-139-115-55-71-47-107(3,63-115)59-111(51-71,67-115)131-11)83-39-88(96(128-8)43-91(83)119)100(76-19-27-80(28-20-76)104(124)136-32-36-140-116-56-72-48-108(4,64-116)60-112(52-72,68-116)132-12)84-40-87(95(127-7)44-92(84)120)98(82-38-85(97)93(125-5)42-90(82)118)74-15-23-78(24-16-74)102(122)134-30-34-138-114-54-70-46-106(2,62-114)58-110(50-70,66-114)130-10/h13-28,37-44,69-72,97-100,117-120H,29-36,45-68H2,1-12H3. The van der Waals surface area contributed by atoms with Crippen LogP contribution < -0.4 is 18.9 Å². The van der Waals surface area contributed by atoms with Crippen LogP contribution in [0.15, 0.2) is 146 Å². The Balaban J connectivity index is 0.673. The van der Waals surface area contributed by atoms with Crippen LogP contribution in [0.25, 0.3) is 0 Å². The number of ether oxygens (including phenoxy) is 16. The molecule has 17 aliphatic rings. The van der Waals surface area contributed by atoms with Crippen LogP contribution in [0.2, 0.25) is 0 Å². The number of esters is 4. The Hall–Kier alpha value is -10.3. The minimum atomic E-state index is -1.09. The van der Waals surface area contributed by atoms with Crippen LogP contribution in [-0.4, -0.2) is 199 Å². The summed E-state index contributed by atoms with van der Waals surface area (Å²) in [5.41, 5.74) is 3.68. The van der Waals surface area contributed by atoms with Gasteiger partial charge in [0.05, 0.1) is 122 Å². The van der Waals surface area contributed by atoms with E-state index in [1.54, 1.807) is 97.1 Å². The van der Waals surface area contributed by atoms with Gasteiger partial charge < -0.3 is 96.2 Å². The lowest BCUT2D eigenvalue weighted by Crippen LogP contribution is -2.64. The summed E-state index contributed by atoms with van der Waals surface area (Å²) >= 11 is 0. The van der Waals surface area contributed by atoms with Crippen LogP contribution in [0, 0.1) is 45.3 Å². The number of phenolic OH excluding ortho intramolecular Hbond substituents is 4. The maximum absolute atomic E-state index is 14.6. The van der Waals surface area contributed by atoms with Gasteiger partial charge >= 0.3 is 23.9 Å². The van der Waals surface area contributed by atoms with E-state index >= 15 is 0 Å². The molecule has 0 heterocycles. The Morgan fingerprint density at radius 1 is 0.243 bits per heavy atom. The molecule has 744 valence electrons. The third kappa shape index (κ3) is 17.6. The van der Waals surface area contributed by atoms with Crippen LogP contribution in [-0.2, 0) is 56.8 Å². The molecule has 20 unspecified atom stereocenters. The molecule has 20 atom stereocenters. The summed E-state index contributed by atoms with van der Waals surface area (Å²) in [6, 6.07) is 41.0. The lowest BCUT2D eigenvalue weighted by atomic mass is 9.46. The van der Waals surface area contributed by atoms with Crippen LogP contribution in [0.1, 0.15) is 314 Å². The van der Waals surface area contributed by atoms with Gasteiger partial charge in [0.15, 0.2) is 0 Å². The van der Waals surface area contributed by atoms with Gasteiger partial charge in [0, 0.05) is 147 Å². The molecule has 24 bridgehead atoms. The van der Waals surface area contributed by atoms with Crippen molar-refractivity contribution >= 4 is 23.9 Å². The van der Waals surface area contributed by atoms with Gasteiger partial charge in [0.2, 0.25) is 0 Å². The van der Waals surface area contributed by atoms with Gasteiger partial charge in [-0.2, -0.15) is 0 Å². The number of hydrogen-bond acceptors (Lipinski definition) is 24. The fourth-order valence-corrected chi connectivity index (χ4v) is 32.7. The molecule has 0 amide bonds. The predicted octanol–water partition coefficient (Wildman–Crippen LogP) is 20.8. The fraction of sp³-hybridized carbons (Fsp3) is 0.552. The predicted molar refractivity (Wildman–Crippen MR) is 520 cm³/mol. The summed E-state index contributed by atoms with van der Waals surface area (Å²) in [6.07, 6.45) is 23.3. The second-order valence-corrected chi connectivity index (χ2v) is 46.3. The van der Waals surface area contributed by atoms with E-state index in [9.17, 15) is 39.6 Å². The second kappa shape index (κ2) is 35.9. The summed E-state index contributed by atoms with van der Waals surface area (Å²) in [5.74, 6) is -5.00. The van der Waals surface area contributed by atoms with E-state index in [0.29, 0.717) is 68.2 Å². The molecular weight excluding hydrogens is 1780 g/mol. The number of rotatable bonds is 32. The molecule has 0 radical (unpaired) electrons. The van der Waals surface area contributed by atoms with Gasteiger partial charge in [-0.25, -0.2) is 19.2 Å². The quantitative estimate of drug-likeness (QED) is 0.0173. The van der Waals surface area contributed by atoms with Gasteiger partial charge in [-0.15, -0.1) is 0 Å². The number of benzene rings is 8. The first-order valence-electron chi connectivity index (χ1n) is 50.5. The van der Waals surface area contributed by atoms with Gasteiger partial charge in [-0.1, -0.05) is 76.2 Å². The number of hydrogen-bond donors (Lipinski definition) is 4. The molecule has 16 fully saturated rings. The van der Waals surface area contributed by atoms with Crippen LogP contribution in [0.5, 0.6) is 46.0 Å². The molecule has 24 nitrogen and oxygen atoms in total. The van der Waals surface area contributed by atoms with E-state index in [2.05, 4.69) is 27.7 Å². The highest BCUT2D eigenvalue weighted by Crippen LogP contribution is 2.70. The first-order chi connectivity index (χ1) is 67.1. The maximum Gasteiger partial charge on any atom is 0.338 e. The maximum atomic E-state index is 14.6. The van der Waals surface area contributed by atoms with Gasteiger partial charge in [-0.05, 0) is 269 Å². The Kier molecular flexibility index (Phi) is 24.6. The molecule has 0 aromatic heterocycles. The second-order valence-electron chi connectivity index (χ2n) is 46.3. The Bertz CT molecular complexity index is 5370. The third-order valence-corrected chi connectivity index (χ3v) is 35.5. The molecule has 25 rings (SSSR count). The summed E-state index contributed by atoms with van der Waals surface area (Å²) in [7, 11) is 13.2. The first-order valence-corrected chi connectivity index (χ1v) is 50.5. The molecule has 0 saturated heterocycles. The molecule has 17 aliphatic carbocycles. The zero-order valence-corrected chi connectivity index (χ0v) is 83.1. The summed E-state index contributed by atoms with van der Waals surface area (Å²) in [6.45, 7) is 10.2. The largest absolute Gasteiger partial charge is 0.507 e. The number of methoxy groups -OCH3 is 8. The van der Waals surface area contributed by atoms with Crippen molar-refractivity contribution < 1.29 is 115 Å². The van der Waals surface area contributed by atoms with Gasteiger partial charge in [-0.3, -0.25) is 0 Å². The molecule has 24 heteroatoms. The van der Waals surface area contributed by atoms with Crippen molar-refractivity contribution in [3.05, 3.63) is 235 Å². The van der Waals surface area contributed by atoms with E-state index in [0.717, 1.165) is 154 Å². The number of carbonyl (C=O) groups is 4. The van der Waals surface area contributed by atoms with Crippen molar-refractivity contribution in [3.63, 3.8) is 0 Å². The molecule has 16 saturated carbocycles. The van der Waals surface area contributed by atoms with Crippen LogP contribution in [0.4, 0.5) is 0 Å².